The van der Waals surface area contributed by atoms with Crippen LogP contribution < -0.4 is 5.43 Å². The number of anilines is 1. The number of hydrogen-bond donors (Lipinski definition) is 2. The third kappa shape index (κ3) is 6.09. The average Bonchev–Trinajstić information content (AvgIpc) is 3.12. The van der Waals surface area contributed by atoms with Crippen LogP contribution in [0.2, 0.25) is 0 Å². The Balaban J connectivity index is 1.29. The van der Waals surface area contributed by atoms with Gasteiger partial charge in [0.15, 0.2) is 0 Å². The molecule has 0 unspecified atom stereocenters. The van der Waals surface area contributed by atoms with Gasteiger partial charge in [-0.1, -0.05) is 54.6 Å². The van der Waals surface area contributed by atoms with Crippen LogP contribution in [-0.2, 0) is 0 Å². The van der Waals surface area contributed by atoms with E-state index >= 15 is 0 Å². The largest absolute Gasteiger partial charge is 0.298 e. The summed E-state index contributed by atoms with van der Waals surface area (Å²) in [6.07, 6.45) is 18.3. The third-order valence-corrected chi connectivity index (χ3v) is 7.50. The van der Waals surface area contributed by atoms with Crippen molar-refractivity contribution in [2.45, 2.75) is 0 Å². The smallest absolute Gasteiger partial charge is 0.109 e. The van der Waals surface area contributed by atoms with Gasteiger partial charge >= 0.3 is 0 Å². The lowest BCUT2D eigenvalue weighted by Gasteiger charge is -2.18. The second kappa shape index (κ2) is 12.5. The number of benzene rings is 2. The van der Waals surface area contributed by atoms with Crippen LogP contribution in [-0.4, -0.2) is 31.4 Å². The van der Waals surface area contributed by atoms with Crippen molar-refractivity contribution in [3.8, 4) is 33.4 Å². The minimum absolute atomic E-state index is 0.284. The van der Waals surface area contributed by atoms with E-state index in [-0.39, 0.29) is 5.71 Å². The van der Waals surface area contributed by atoms with Crippen molar-refractivity contribution in [3.63, 3.8) is 0 Å². The lowest BCUT2D eigenvalue weighted by molar-refractivity contribution is 1.28. The van der Waals surface area contributed by atoms with Gasteiger partial charge in [0.2, 0.25) is 0 Å². The van der Waals surface area contributed by atoms with E-state index in [0.717, 1.165) is 55.8 Å². The lowest BCUT2D eigenvalue weighted by atomic mass is 9.88. The molecular formula is C38H27N7. The van der Waals surface area contributed by atoms with E-state index in [1.165, 1.54) is 0 Å². The highest BCUT2D eigenvalue weighted by Gasteiger charge is 2.21. The molecule has 6 aromatic rings. The standard InChI is InChI=1S/C38H27N7/c39-38-36(34-16-32(23-43-25-34)29-11-6-14-41-21-29)18-30(33-15-31(22-42-24-33)28-10-5-13-40-20-28)19-37(38)45-44-35-12-4-9-27(17-35)26-7-2-1-3-8-26/h1-25,39,44H/b39-38?,45-37-. The first-order valence-electron chi connectivity index (χ1n) is 14.4. The molecule has 7 nitrogen and oxygen atoms in total. The molecule has 1 aliphatic rings. The predicted molar refractivity (Wildman–Crippen MR) is 182 cm³/mol. The van der Waals surface area contributed by atoms with Crippen LogP contribution in [0.4, 0.5) is 5.69 Å². The molecule has 0 bridgehead atoms. The Morgan fingerprint density at radius 2 is 1.09 bits per heavy atom. The topological polar surface area (TPSA) is 99.8 Å². The summed E-state index contributed by atoms with van der Waals surface area (Å²) in [4.78, 5) is 17.6. The number of aromatic nitrogens is 4. The number of rotatable bonds is 7. The van der Waals surface area contributed by atoms with Gasteiger partial charge < -0.3 is 0 Å². The van der Waals surface area contributed by atoms with Crippen molar-refractivity contribution < 1.29 is 0 Å². The highest BCUT2D eigenvalue weighted by Crippen LogP contribution is 2.32. The van der Waals surface area contributed by atoms with Crippen molar-refractivity contribution in [2.24, 2.45) is 5.10 Å². The average molecular weight is 582 g/mol. The first kappa shape index (κ1) is 27.5. The molecule has 2 aromatic carbocycles. The van der Waals surface area contributed by atoms with Crippen LogP contribution in [0.3, 0.4) is 0 Å². The van der Waals surface area contributed by atoms with Gasteiger partial charge in [-0.15, -0.1) is 0 Å². The molecule has 0 amide bonds. The van der Waals surface area contributed by atoms with E-state index in [2.05, 4.69) is 55.7 Å². The molecule has 7 rings (SSSR count). The second-order valence-electron chi connectivity index (χ2n) is 10.5. The summed E-state index contributed by atoms with van der Waals surface area (Å²) in [6.45, 7) is 0. The van der Waals surface area contributed by atoms with Crippen LogP contribution in [0, 0.1) is 5.41 Å². The van der Waals surface area contributed by atoms with Crippen LogP contribution in [0.15, 0.2) is 158 Å². The van der Waals surface area contributed by atoms with Crippen LogP contribution in [0.25, 0.3) is 44.5 Å². The van der Waals surface area contributed by atoms with Crippen molar-refractivity contribution in [1.29, 1.82) is 5.41 Å². The quantitative estimate of drug-likeness (QED) is 0.146. The van der Waals surface area contributed by atoms with Gasteiger partial charge in [0, 0.05) is 88.5 Å². The molecule has 0 saturated carbocycles. The predicted octanol–water partition coefficient (Wildman–Crippen LogP) is 8.24. The fourth-order valence-corrected chi connectivity index (χ4v) is 5.20. The lowest BCUT2D eigenvalue weighted by Crippen LogP contribution is -2.18. The molecule has 0 fully saturated rings. The highest BCUT2D eigenvalue weighted by atomic mass is 15.3. The van der Waals surface area contributed by atoms with Gasteiger partial charge in [-0.2, -0.15) is 5.10 Å². The van der Waals surface area contributed by atoms with Gasteiger partial charge in [-0.3, -0.25) is 30.8 Å². The molecule has 4 heterocycles. The maximum atomic E-state index is 9.24. The van der Waals surface area contributed by atoms with Crippen LogP contribution >= 0.6 is 0 Å². The van der Waals surface area contributed by atoms with Gasteiger partial charge in [-0.25, -0.2) is 0 Å². The fraction of sp³-hybridized carbons (Fsp3) is 0. The number of pyridine rings is 4. The summed E-state index contributed by atoms with van der Waals surface area (Å²) < 4.78 is 0. The maximum Gasteiger partial charge on any atom is 0.109 e. The normalized spacial score (nSPS) is 13.7. The number of nitrogens with zero attached hydrogens (tertiary/aromatic N) is 5. The first-order chi connectivity index (χ1) is 22.2. The molecule has 4 aromatic heterocycles. The Morgan fingerprint density at radius 1 is 0.489 bits per heavy atom. The summed E-state index contributed by atoms with van der Waals surface area (Å²) in [6, 6.07) is 30.2. The van der Waals surface area contributed by atoms with Crippen LogP contribution in [0.5, 0.6) is 0 Å². The Hall–Kier alpha value is -6.34. The zero-order chi connectivity index (χ0) is 30.4. The maximum absolute atomic E-state index is 9.24. The number of allylic oxidation sites excluding steroid dienone is 4. The van der Waals surface area contributed by atoms with Crippen LogP contribution in [0.1, 0.15) is 11.1 Å². The summed E-state index contributed by atoms with van der Waals surface area (Å²) in [7, 11) is 0. The molecule has 0 radical (unpaired) electrons. The van der Waals surface area contributed by atoms with E-state index in [0.29, 0.717) is 11.3 Å². The third-order valence-electron chi connectivity index (χ3n) is 7.50. The molecule has 2 N–H and O–H groups in total. The summed E-state index contributed by atoms with van der Waals surface area (Å²) in [5.74, 6) is 0. The molecule has 0 saturated heterocycles. The van der Waals surface area contributed by atoms with Gasteiger partial charge in [-0.05, 0) is 65.3 Å². The minimum atomic E-state index is 0.284. The van der Waals surface area contributed by atoms with Crippen molar-refractivity contribution >= 4 is 28.3 Å². The Kier molecular flexibility index (Phi) is 7.63. The molecule has 0 spiro atoms. The molecular weight excluding hydrogens is 554 g/mol. The van der Waals surface area contributed by atoms with Crippen molar-refractivity contribution in [1.82, 2.24) is 19.9 Å². The minimum Gasteiger partial charge on any atom is -0.298 e. The number of nitrogens with one attached hydrogen (secondary N) is 2. The fourth-order valence-electron chi connectivity index (χ4n) is 5.20. The van der Waals surface area contributed by atoms with Gasteiger partial charge in [0.25, 0.3) is 0 Å². The monoisotopic (exact) mass is 581 g/mol. The van der Waals surface area contributed by atoms with Crippen molar-refractivity contribution in [3.05, 3.63) is 164 Å². The summed E-state index contributed by atoms with van der Waals surface area (Å²) >= 11 is 0. The van der Waals surface area contributed by atoms with E-state index in [9.17, 15) is 5.41 Å². The Labute approximate surface area is 261 Å². The zero-order valence-corrected chi connectivity index (χ0v) is 24.2. The van der Waals surface area contributed by atoms with Gasteiger partial charge in [0.05, 0.1) is 11.4 Å². The second-order valence-corrected chi connectivity index (χ2v) is 10.5. The highest BCUT2D eigenvalue weighted by molar-refractivity contribution is 6.62. The number of hydrogen-bond acceptors (Lipinski definition) is 7. The van der Waals surface area contributed by atoms with E-state index in [1.54, 1.807) is 18.6 Å². The summed E-state index contributed by atoms with van der Waals surface area (Å²) in [5, 5.41) is 14.0. The van der Waals surface area contributed by atoms with Gasteiger partial charge in [0.1, 0.15) is 5.71 Å². The van der Waals surface area contributed by atoms with E-state index < -0.39 is 0 Å². The Bertz CT molecular complexity index is 2080. The molecule has 214 valence electrons. The summed E-state index contributed by atoms with van der Waals surface area (Å²) in [5.41, 5.74) is 14.1. The Morgan fingerprint density at radius 3 is 1.78 bits per heavy atom. The molecule has 0 aliphatic heterocycles. The molecule has 1 aliphatic carbocycles. The number of hydrazone groups is 1. The molecule has 0 atom stereocenters. The first-order valence-corrected chi connectivity index (χ1v) is 14.4. The SMILES string of the molecule is N=C1C(c2cncc(-c3cccnc3)c2)=CC(c2cncc(-c3cccnc3)c2)=C/C1=N/Nc1cccc(-c2ccccc2)c1. The molecule has 7 heteroatoms. The van der Waals surface area contributed by atoms with E-state index in [1.807, 2.05) is 104 Å². The molecule has 45 heavy (non-hydrogen) atoms. The van der Waals surface area contributed by atoms with Crippen molar-refractivity contribution in [2.75, 3.05) is 5.43 Å². The zero-order valence-electron chi connectivity index (χ0n) is 24.2. The van der Waals surface area contributed by atoms with E-state index in [4.69, 9.17) is 5.10 Å².